The normalized spacial score (nSPS) is 11.7. The maximum Gasteiger partial charge on any atom is 0.339 e. The van der Waals surface area contributed by atoms with E-state index in [0.717, 1.165) is 5.56 Å². The monoisotopic (exact) mass is 306 g/mol. The van der Waals surface area contributed by atoms with Crippen molar-refractivity contribution in [1.82, 2.24) is 5.32 Å². The molecule has 0 saturated heterocycles. The first-order chi connectivity index (χ1) is 9.99. The van der Waals surface area contributed by atoms with Gasteiger partial charge in [0.1, 0.15) is 5.56 Å². The second-order valence-corrected chi connectivity index (χ2v) is 5.16. The Morgan fingerprint density at radius 1 is 1.29 bits per heavy atom. The number of hydrogen-bond donors (Lipinski definition) is 4. The first kappa shape index (κ1) is 14.9. The van der Waals surface area contributed by atoms with Crippen LogP contribution in [0, 0.1) is 0 Å². The van der Waals surface area contributed by atoms with Gasteiger partial charge < -0.3 is 20.8 Å². The van der Waals surface area contributed by atoms with Crippen LogP contribution < -0.4 is 10.6 Å². The molecule has 7 heteroatoms. The first-order valence-corrected chi connectivity index (χ1v) is 7.08. The van der Waals surface area contributed by atoms with E-state index in [1.807, 2.05) is 23.8 Å². The molecule has 2 rings (SSSR count). The zero-order chi connectivity index (χ0) is 15.4. The maximum atomic E-state index is 11.9. The largest absolute Gasteiger partial charge is 0.505 e. The number of carbonyl (C=O) groups excluding carboxylic acids is 1. The molecule has 1 aromatic heterocycles. The second kappa shape index (κ2) is 6.27. The van der Waals surface area contributed by atoms with E-state index in [1.54, 1.807) is 0 Å². The number of phenols is 1. The minimum Gasteiger partial charge on any atom is -0.505 e. The molecule has 1 aromatic carbocycles. The van der Waals surface area contributed by atoms with Gasteiger partial charge >= 0.3 is 12.0 Å². The van der Waals surface area contributed by atoms with Crippen molar-refractivity contribution < 1.29 is 19.8 Å². The molecule has 2 aromatic rings. The summed E-state index contributed by atoms with van der Waals surface area (Å²) in [6.45, 7) is 1.83. The Labute approximate surface area is 125 Å². The number of carboxylic acids is 1. The van der Waals surface area contributed by atoms with Gasteiger partial charge in [0.05, 0.1) is 11.7 Å². The molecule has 110 valence electrons. The predicted molar refractivity (Wildman–Crippen MR) is 80.0 cm³/mol. The predicted octanol–water partition coefficient (Wildman–Crippen LogP) is 3.03. The number of rotatable bonds is 4. The summed E-state index contributed by atoms with van der Waals surface area (Å²) in [5.74, 6) is -1.73. The van der Waals surface area contributed by atoms with E-state index in [9.17, 15) is 14.7 Å². The molecular weight excluding hydrogens is 292 g/mol. The SMILES string of the molecule is CC(NC(=O)Nc1cccc(C(=O)O)c1O)c1ccsc1. The van der Waals surface area contributed by atoms with Crippen LogP contribution in [0.5, 0.6) is 5.75 Å². The van der Waals surface area contributed by atoms with Crippen molar-refractivity contribution >= 4 is 29.0 Å². The van der Waals surface area contributed by atoms with E-state index in [0.29, 0.717) is 0 Å². The highest BCUT2D eigenvalue weighted by atomic mass is 32.1. The van der Waals surface area contributed by atoms with Crippen molar-refractivity contribution in [2.45, 2.75) is 13.0 Å². The molecule has 1 atom stereocenters. The zero-order valence-corrected chi connectivity index (χ0v) is 12.0. The molecule has 0 spiro atoms. The Morgan fingerprint density at radius 3 is 2.67 bits per heavy atom. The molecule has 1 heterocycles. The van der Waals surface area contributed by atoms with Gasteiger partial charge in [-0.3, -0.25) is 0 Å². The third-order valence-corrected chi connectivity index (χ3v) is 3.61. The van der Waals surface area contributed by atoms with Gasteiger partial charge in [0, 0.05) is 0 Å². The summed E-state index contributed by atoms with van der Waals surface area (Å²) >= 11 is 1.53. The summed E-state index contributed by atoms with van der Waals surface area (Å²) in [4.78, 5) is 22.8. The molecule has 2 amide bonds. The summed E-state index contributed by atoms with van der Waals surface area (Å²) in [5.41, 5.74) is 0.752. The smallest absolute Gasteiger partial charge is 0.339 e. The van der Waals surface area contributed by atoms with Crippen LogP contribution >= 0.6 is 11.3 Å². The number of amides is 2. The number of hydrogen-bond acceptors (Lipinski definition) is 4. The fraction of sp³-hybridized carbons (Fsp3) is 0.143. The molecule has 0 bridgehead atoms. The van der Waals surface area contributed by atoms with Crippen LogP contribution in [0.25, 0.3) is 0 Å². The lowest BCUT2D eigenvalue weighted by molar-refractivity contribution is 0.0693. The number of carboxylic acid groups (broad SMARTS) is 1. The van der Waals surface area contributed by atoms with Crippen molar-refractivity contribution in [3.63, 3.8) is 0 Å². The molecule has 0 aliphatic rings. The molecular formula is C14H14N2O4S. The molecule has 1 unspecified atom stereocenters. The van der Waals surface area contributed by atoms with E-state index in [4.69, 9.17) is 5.11 Å². The molecule has 0 aliphatic heterocycles. The van der Waals surface area contributed by atoms with E-state index in [1.165, 1.54) is 29.5 Å². The van der Waals surface area contributed by atoms with Gasteiger partial charge in [0.2, 0.25) is 0 Å². The summed E-state index contributed by atoms with van der Waals surface area (Å²) < 4.78 is 0. The lowest BCUT2D eigenvalue weighted by Gasteiger charge is -2.14. The number of aromatic carboxylic acids is 1. The topological polar surface area (TPSA) is 98.7 Å². The van der Waals surface area contributed by atoms with Gasteiger partial charge in [0.25, 0.3) is 0 Å². The van der Waals surface area contributed by atoms with E-state index >= 15 is 0 Å². The van der Waals surface area contributed by atoms with Crippen molar-refractivity contribution in [1.29, 1.82) is 0 Å². The van der Waals surface area contributed by atoms with Crippen LogP contribution in [0.1, 0.15) is 28.9 Å². The van der Waals surface area contributed by atoms with Crippen molar-refractivity contribution in [3.05, 3.63) is 46.2 Å². The van der Waals surface area contributed by atoms with Crippen LogP contribution in [0.2, 0.25) is 0 Å². The fourth-order valence-electron chi connectivity index (χ4n) is 1.78. The summed E-state index contributed by atoms with van der Waals surface area (Å²) in [6.07, 6.45) is 0. The highest BCUT2D eigenvalue weighted by molar-refractivity contribution is 7.07. The standard InChI is InChI=1S/C14H14N2O4S/c1-8(9-5-6-21-7-9)15-14(20)16-11-4-2-3-10(12(11)17)13(18)19/h2-8,17H,1H3,(H,18,19)(H2,15,16,20). The molecule has 0 fully saturated rings. The second-order valence-electron chi connectivity index (χ2n) is 4.38. The number of urea groups is 1. The molecule has 0 radical (unpaired) electrons. The number of carbonyl (C=O) groups is 2. The lowest BCUT2D eigenvalue weighted by atomic mass is 10.1. The van der Waals surface area contributed by atoms with E-state index in [2.05, 4.69) is 10.6 Å². The average Bonchev–Trinajstić information content (AvgIpc) is 2.94. The third kappa shape index (κ3) is 3.51. The average molecular weight is 306 g/mol. The van der Waals surface area contributed by atoms with E-state index in [-0.39, 0.29) is 17.3 Å². The Hall–Kier alpha value is -2.54. The Balaban J connectivity index is 2.06. The number of thiophene rings is 1. The number of anilines is 1. The van der Waals surface area contributed by atoms with Crippen LogP contribution in [0.15, 0.2) is 35.0 Å². The summed E-state index contributed by atoms with van der Waals surface area (Å²) in [5, 5.41) is 27.7. The fourth-order valence-corrected chi connectivity index (χ4v) is 2.53. The maximum absolute atomic E-state index is 11.9. The van der Waals surface area contributed by atoms with Gasteiger partial charge in [0.15, 0.2) is 5.75 Å². The van der Waals surface area contributed by atoms with Crippen LogP contribution in [0.3, 0.4) is 0 Å². The van der Waals surface area contributed by atoms with E-state index < -0.39 is 17.7 Å². The molecule has 4 N–H and O–H groups in total. The lowest BCUT2D eigenvalue weighted by Crippen LogP contribution is -2.31. The number of para-hydroxylation sites is 1. The highest BCUT2D eigenvalue weighted by Crippen LogP contribution is 2.27. The quantitative estimate of drug-likeness (QED) is 0.652. The van der Waals surface area contributed by atoms with Crippen molar-refractivity contribution in [2.75, 3.05) is 5.32 Å². The third-order valence-electron chi connectivity index (χ3n) is 2.91. The van der Waals surface area contributed by atoms with Gasteiger partial charge in [-0.05, 0) is 41.4 Å². The van der Waals surface area contributed by atoms with Gasteiger partial charge in [-0.2, -0.15) is 11.3 Å². The van der Waals surface area contributed by atoms with Crippen LogP contribution in [0.4, 0.5) is 10.5 Å². The molecule has 0 aliphatic carbocycles. The Morgan fingerprint density at radius 2 is 2.05 bits per heavy atom. The molecule has 6 nitrogen and oxygen atoms in total. The van der Waals surface area contributed by atoms with Crippen molar-refractivity contribution in [2.24, 2.45) is 0 Å². The summed E-state index contributed by atoms with van der Waals surface area (Å²) in [7, 11) is 0. The Kier molecular flexibility index (Phi) is 4.44. The molecule has 21 heavy (non-hydrogen) atoms. The van der Waals surface area contributed by atoms with Crippen LogP contribution in [-0.4, -0.2) is 22.2 Å². The zero-order valence-electron chi connectivity index (χ0n) is 11.2. The van der Waals surface area contributed by atoms with Gasteiger partial charge in [-0.1, -0.05) is 6.07 Å². The minimum absolute atomic E-state index is 0.0462. The first-order valence-electron chi connectivity index (χ1n) is 6.14. The number of nitrogens with one attached hydrogen (secondary N) is 2. The number of aromatic hydroxyl groups is 1. The summed E-state index contributed by atoms with van der Waals surface area (Å²) in [6, 6.07) is 5.32. The van der Waals surface area contributed by atoms with Gasteiger partial charge in [-0.15, -0.1) is 0 Å². The van der Waals surface area contributed by atoms with Crippen LogP contribution in [-0.2, 0) is 0 Å². The van der Waals surface area contributed by atoms with Crippen molar-refractivity contribution in [3.8, 4) is 5.75 Å². The highest BCUT2D eigenvalue weighted by Gasteiger charge is 2.15. The Bertz CT molecular complexity index is 655. The minimum atomic E-state index is -1.26. The molecule has 0 saturated carbocycles. The number of benzene rings is 1. The van der Waals surface area contributed by atoms with Gasteiger partial charge in [-0.25, -0.2) is 9.59 Å².